The Kier molecular flexibility index (Phi) is 42.9. The number of aliphatic hydroxyl groups excluding tert-OH is 4. The van der Waals surface area contributed by atoms with Gasteiger partial charge in [-0.15, -0.1) is 0 Å². The van der Waals surface area contributed by atoms with E-state index >= 15 is 0 Å². The molecule has 0 aliphatic heterocycles. The number of hydrogen-bond donors (Lipinski definition) is 5. The van der Waals surface area contributed by atoms with Crippen molar-refractivity contribution >= 4 is 5.91 Å². The summed E-state index contributed by atoms with van der Waals surface area (Å²) >= 11 is 0. The lowest BCUT2D eigenvalue weighted by Gasteiger charge is -2.27. The van der Waals surface area contributed by atoms with Crippen molar-refractivity contribution in [2.45, 2.75) is 295 Å². The Morgan fingerprint density at radius 2 is 0.630 bits per heavy atom. The maximum Gasteiger partial charge on any atom is 0.249 e. The molecule has 0 aromatic carbocycles. The van der Waals surface area contributed by atoms with Crippen LogP contribution in [-0.2, 0) is 4.79 Å². The molecule has 6 nitrogen and oxygen atoms in total. The van der Waals surface area contributed by atoms with Crippen LogP contribution in [0.1, 0.15) is 271 Å². The minimum absolute atomic E-state index is 0.375. The highest BCUT2D eigenvalue weighted by Gasteiger charge is 2.28. The van der Waals surface area contributed by atoms with E-state index in [1.54, 1.807) is 0 Å². The molecule has 0 aliphatic carbocycles. The zero-order valence-electron chi connectivity index (χ0n) is 36.5. The smallest absolute Gasteiger partial charge is 0.249 e. The van der Waals surface area contributed by atoms with Crippen LogP contribution >= 0.6 is 0 Å². The fraction of sp³-hybridized carbons (Fsp3) is 0.979. The van der Waals surface area contributed by atoms with Gasteiger partial charge < -0.3 is 25.7 Å². The molecule has 0 saturated carbocycles. The zero-order valence-corrected chi connectivity index (χ0v) is 36.5. The Morgan fingerprint density at radius 1 is 0.389 bits per heavy atom. The van der Waals surface area contributed by atoms with Crippen LogP contribution in [0.3, 0.4) is 0 Å². The van der Waals surface area contributed by atoms with Crippen LogP contribution < -0.4 is 5.32 Å². The highest BCUT2D eigenvalue weighted by Crippen LogP contribution is 2.18. The monoisotopic (exact) mass is 768 g/mol. The fourth-order valence-corrected chi connectivity index (χ4v) is 7.94. The van der Waals surface area contributed by atoms with Gasteiger partial charge in [0.1, 0.15) is 12.2 Å². The molecular weight excluding hydrogens is 671 g/mol. The molecule has 6 heteroatoms. The minimum Gasteiger partial charge on any atom is -0.394 e. The van der Waals surface area contributed by atoms with Gasteiger partial charge in [0, 0.05) is 0 Å². The van der Waals surface area contributed by atoms with Gasteiger partial charge in [0.15, 0.2) is 0 Å². The molecule has 0 fully saturated rings. The summed E-state index contributed by atoms with van der Waals surface area (Å²) in [6.45, 7) is 4.03. The predicted molar refractivity (Wildman–Crippen MR) is 233 cm³/mol. The second-order valence-corrected chi connectivity index (χ2v) is 17.2. The highest BCUT2D eigenvalue weighted by molar-refractivity contribution is 5.80. The van der Waals surface area contributed by atoms with Crippen molar-refractivity contribution in [2.75, 3.05) is 6.61 Å². The number of rotatable bonds is 45. The van der Waals surface area contributed by atoms with E-state index in [-0.39, 0.29) is 0 Å². The molecular formula is C48H97NO5. The third-order valence-electron chi connectivity index (χ3n) is 11.8. The summed E-state index contributed by atoms with van der Waals surface area (Å²) in [6.07, 6.45) is 47.6. The molecule has 1 amide bonds. The topological polar surface area (TPSA) is 110 Å². The van der Waals surface area contributed by atoms with Crippen LogP contribution in [0.15, 0.2) is 0 Å². The third-order valence-corrected chi connectivity index (χ3v) is 11.8. The molecule has 0 rings (SSSR count). The van der Waals surface area contributed by atoms with Crippen LogP contribution in [0.25, 0.3) is 0 Å². The fourth-order valence-electron chi connectivity index (χ4n) is 7.94. The van der Waals surface area contributed by atoms with Gasteiger partial charge in [0.2, 0.25) is 5.91 Å². The van der Waals surface area contributed by atoms with Crippen molar-refractivity contribution in [1.82, 2.24) is 5.32 Å². The molecule has 0 aliphatic rings. The lowest BCUT2D eigenvalue weighted by atomic mass is 9.99. The lowest BCUT2D eigenvalue weighted by Crippen LogP contribution is -2.53. The van der Waals surface area contributed by atoms with E-state index in [1.165, 1.54) is 205 Å². The summed E-state index contributed by atoms with van der Waals surface area (Å²) in [7, 11) is 0. The van der Waals surface area contributed by atoms with E-state index in [1.807, 2.05) is 0 Å². The first-order valence-corrected chi connectivity index (χ1v) is 24.4. The quantitative estimate of drug-likeness (QED) is 0.0396. The van der Waals surface area contributed by atoms with Crippen molar-refractivity contribution in [3.05, 3.63) is 0 Å². The average molecular weight is 768 g/mol. The Balaban J connectivity index is 3.49. The Morgan fingerprint density at radius 3 is 0.889 bits per heavy atom. The number of carbonyl (C=O) groups excluding carboxylic acids is 1. The molecule has 0 aromatic rings. The second kappa shape index (κ2) is 43.4. The van der Waals surface area contributed by atoms with Crippen LogP contribution in [0.4, 0.5) is 0 Å². The van der Waals surface area contributed by atoms with Gasteiger partial charge in [0.25, 0.3) is 0 Å². The molecule has 4 atom stereocenters. The average Bonchev–Trinajstić information content (AvgIpc) is 3.18. The molecule has 0 heterocycles. The first-order valence-electron chi connectivity index (χ1n) is 24.4. The molecule has 0 aromatic heterocycles. The molecule has 0 radical (unpaired) electrons. The summed E-state index contributed by atoms with van der Waals surface area (Å²) < 4.78 is 0. The van der Waals surface area contributed by atoms with E-state index in [9.17, 15) is 25.2 Å². The van der Waals surface area contributed by atoms with Gasteiger partial charge in [0.05, 0.1) is 18.8 Å². The van der Waals surface area contributed by atoms with E-state index in [4.69, 9.17) is 0 Å². The van der Waals surface area contributed by atoms with E-state index in [0.29, 0.717) is 12.8 Å². The Labute approximate surface area is 337 Å². The number of nitrogens with one attached hydrogen (secondary N) is 1. The highest BCUT2D eigenvalue weighted by atomic mass is 16.3. The molecule has 0 spiro atoms. The van der Waals surface area contributed by atoms with Crippen LogP contribution in [0, 0.1) is 0 Å². The first kappa shape index (κ1) is 53.3. The van der Waals surface area contributed by atoms with Gasteiger partial charge in [-0.3, -0.25) is 4.79 Å². The summed E-state index contributed by atoms with van der Waals surface area (Å²) in [5.74, 6) is -0.581. The molecule has 54 heavy (non-hydrogen) atoms. The van der Waals surface area contributed by atoms with E-state index < -0.39 is 36.9 Å². The van der Waals surface area contributed by atoms with Gasteiger partial charge in [-0.05, 0) is 12.8 Å². The number of hydrogen-bond acceptors (Lipinski definition) is 5. The largest absolute Gasteiger partial charge is 0.394 e. The molecule has 0 saturated heterocycles. The number of carbonyl (C=O) groups is 1. The van der Waals surface area contributed by atoms with Crippen molar-refractivity contribution in [1.29, 1.82) is 0 Å². The maximum absolute atomic E-state index is 12.5. The summed E-state index contributed by atoms with van der Waals surface area (Å²) in [5, 5.41) is 43.5. The second-order valence-electron chi connectivity index (χ2n) is 17.2. The SMILES string of the molecule is CCCCCCCCCCCCCCCCCCCCCCCCCCCCCCCCC(O)C(=O)NC(CO)C(O)C(O)CCCCCCCCCC. The number of amides is 1. The van der Waals surface area contributed by atoms with Crippen molar-refractivity contribution < 1.29 is 25.2 Å². The van der Waals surface area contributed by atoms with Crippen molar-refractivity contribution in [2.24, 2.45) is 0 Å². The normalized spacial score (nSPS) is 14.0. The van der Waals surface area contributed by atoms with Crippen molar-refractivity contribution in [3.8, 4) is 0 Å². The van der Waals surface area contributed by atoms with Gasteiger partial charge in [-0.25, -0.2) is 0 Å². The summed E-state index contributed by atoms with van der Waals surface area (Å²) in [4.78, 5) is 12.5. The third kappa shape index (κ3) is 36.9. The van der Waals surface area contributed by atoms with Crippen molar-refractivity contribution in [3.63, 3.8) is 0 Å². The minimum atomic E-state index is -1.25. The van der Waals surface area contributed by atoms with Gasteiger partial charge in [-0.1, -0.05) is 258 Å². The summed E-state index contributed by atoms with van der Waals surface area (Å²) in [5.41, 5.74) is 0. The van der Waals surface area contributed by atoms with E-state index in [0.717, 1.165) is 38.5 Å². The Bertz CT molecular complexity index is 736. The van der Waals surface area contributed by atoms with Crippen LogP contribution in [-0.4, -0.2) is 57.3 Å². The zero-order chi connectivity index (χ0) is 39.6. The molecule has 4 unspecified atom stereocenters. The molecule has 5 N–H and O–H groups in total. The summed E-state index contributed by atoms with van der Waals surface area (Å²) in [6, 6.07) is -0.977. The van der Waals surface area contributed by atoms with Gasteiger partial charge >= 0.3 is 0 Å². The standard InChI is InChI=1S/C48H97NO5/c1-3-5-7-9-11-13-14-15-16-17-18-19-20-21-22-23-24-25-26-27-28-29-30-31-32-33-34-36-38-40-42-46(52)48(54)49-44(43-50)47(53)45(51)41-39-37-35-12-10-8-6-4-2/h44-47,50-53H,3-43H2,1-2H3,(H,49,54). The lowest BCUT2D eigenvalue weighted by molar-refractivity contribution is -0.132. The first-order chi connectivity index (χ1) is 26.5. The Hall–Kier alpha value is -0.690. The van der Waals surface area contributed by atoms with Crippen LogP contribution in [0.5, 0.6) is 0 Å². The molecule has 324 valence electrons. The number of aliphatic hydroxyl groups is 4. The van der Waals surface area contributed by atoms with E-state index in [2.05, 4.69) is 19.2 Å². The number of unbranched alkanes of at least 4 members (excludes halogenated alkanes) is 36. The van der Waals surface area contributed by atoms with Crippen LogP contribution in [0.2, 0.25) is 0 Å². The molecule has 0 bridgehead atoms. The predicted octanol–water partition coefficient (Wildman–Crippen LogP) is 13.2. The van der Waals surface area contributed by atoms with Gasteiger partial charge in [-0.2, -0.15) is 0 Å². The maximum atomic E-state index is 12.5.